The summed E-state index contributed by atoms with van der Waals surface area (Å²) in [5.41, 5.74) is 2.34. The number of carbonyl (C=O) groups excluding carboxylic acids is 1. The van der Waals surface area contributed by atoms with Crippen molar-refractivity contribution in [3.05, 3.63) is 36.0 Å². The third kappa shape index (κ3) is 3.39. The Hall–Kier alpha value is -1.81. The number of hydrogen-bond acceptors (Lipinski definition) is 3. The highest BCUT2D eigenvalue weighted by molar-refractivity contribution is 5.85. The molecule has 1 N–H and O–H groups in total. The van der Waals surface area contributed by atoms with Crippen LogP contribution in [0.15, 0.2) is 30.5 Å². The Bertz CT molecular complexity index is 608. The molecule has 0 unspecified atom stereocenters. The Morgan fingerprint density at radius 2 is 2.05 bits per heavy atom. The minimum absolute atomic E-state index is 0.0575. The second-order valence-corrected chi connectivity index (χ2v) is 5.98. The molecule has 0 amide bonds. The van der Waals surface area contributed by atoms with Crippen molar-refractivity contribution in [1.29, 1.82) is 0 Å². The first-order chi connectivity index (χ1) is 9.40. The van der Waals surface area contributed by atoms with Crippen LogP contribution in [0.1, 0.15) is 26.3 Å². The Balaban J connectivity index is 2.34. The molecule has 0 atom stereocenters. The Morgan fingerprint density at radius 3 is 2.70 bits per heavy atom. The number of nitrogens with one attached hydrogen (secondary N) is 1. The van der Waals surface area contributed by atoms with E-state index in [1.165, 1.54) is 12.7 Å². The van der Waals surface area contributed by atoms with E-state index < -0.39 is 0 Å². The summed E-state index contributed by atoms with van der Waals surface area (Å²) in [7, 11) is 1.41. The number of rotatable bonds is 4. The molecule has 0 aliphatic heterocycles. The summed E-state index contributed by atoms with van der Waals surface area (Å²) in [6.07, 6.45) is 1.93. The van der Waals surface area contributed by atoms with Crippen molar-refractivity contribution in [2.45, 2.75) is 39.4 Å². The third-order valence-corrected chi connectivity index (χ3v) is 3.21. The predicted molar refractivity (Wildman–Crippen MR) is 80.5 cm³/mol. The van der Waals surface area contributed by atoms with Crippen molar-refractivity contribution < 1.29 is 9.53 Å². The van der Waals surface area contributed by atoms with E-state index in [0.717, 1.165) is 17.4 Å². The minimum atomic E-state index is -0.235. The van der Waals surface area contributed by atoms with Crippen LogP contribution < -0.4 is 5.32 Å². The summed E-state index contributed by atoms with van der Waals surface area (Å²) >= 11 is 0. The van der Waals surface area contributed by atoms with Gasteiger partial charge >= 0.3 is 5.97 Å². The number of hydrogen-bond donors (Lipinski definition) is 1. The maximum atomic E-state index is 11.5. The van der Waals surface area contributed by atoms with Crippen LogP contribution in [-0.4, -0.2) is 23.2 Å². The lowest BCUT2D eigenvalue weighted by Crippen LogP contribution is -2.35. The highest BCUT2D eigenvalue weighted by Gasteiger charge is 2.13. The van der Waals surface area contributed by atoms with Crippen molar-refractivity contribution >= 4 is 16.9 Å². The summed E-state index contributed by atoms with van der Waals surface area (Å²) in [6, 6.07) is 8.22. The van der Waals surface area contributed by atoms with Gasteiger partial charge in [-0.2, -0.15) is 0 Å². The van der Waals surface area contributed by atoms with Gasteiger partial charge in [-0.3, -0.25) is 4.79 Å². The minimum Gasteiger partial charge on any atom is -0.468 e. The van der Waals surface area contributed by atoms with Crippen molar-refractivity contribution in [3.63, 3.8) is 0 Å². The lowest BCUT2D eigenvalue weighted by Gasteiger charge is -2.21. The molecule has 1 aromatic carbocycles. The average Bonchev–Trinajstić information content (AvgIpc) is 2.79. The number of carbonyl (C=O) groups is 1. The van der Waals surface area contributed by atoms with Gasteiger partial charge in [0, 0.05) is 18.3 Å². The quantitative estimate of drug-likeness (QED) is 0.872. The van der Waals surface area contributed by atoms with Gasteiger partial charge in [0.25, 0.3) is 0 Å². The van der Waals surface area contributed by atoms with E-state index >= 15 is 0 Å². The second-order valence-electron chi connectivity index (χ2n) is 5.98. The molecule has 0 aliphatic carbocycles. The first-order valence-corrected chi connectivity index (χ1v) is 6.79. The molecule has 4 heteroatoms. The summed E-state index contributed by atoms with van der Waals surface area (Å²) < 4.78 is 6.70. The molecule has 0 radical (unpaired) electrons. The van der Waals surface area contributed by atoms with Crippen LogP contribution in [0.4, 0.5) is 0 Å². The lowest BCUT2D eigenvalue weighted by molar-refractivity contribution is -0.141. The molecule has 0 saturated heterocycles. The molecule has 0 aliphatic rings. The number of esters is 1. The second kappa shape index (κ2) is 5.67. The van der Waals surface area contributed by atoms with Crippen LogP contribution in [0, 0.1) is 0 Å². The molecule has 0 bridgehead atoms. The molecule has 20 heavy (non-hydrogen) atoms. The zero-order chi connectivity index (χ0) is 14.8. The molecule has 2 rings (SSSR count). The number of ether oxygens (including phenoxy) is 1. The molecule has 0 saturated carbocycles. The molecule has 2 aromatic rings. The van der Waals surface area contributed by atoms with Gasteiger partial charge in [-0.05, 0) is 37.8 Å². The molecule has 0 spiro atoms. The van der Waals surface area contributed by atoms with E-state index in [4.69, 9.17) is 4.74 Å². The van der Waals surface area contributed by atoms with Crippen molar-refractivity contribution in [3.8, 4) is 0 Å². The summed E-state index contributed by atoms with van der Waals surface area (Å²) in [4.78, 5) is 11.5. The topological polar surface area (TPSA) is 43.3 Å². The molecule has 1 aromatic heterocycles. The molecule has 108 valence electrons. The van der Waals surface area contributed by atoms with E-state index in [0.29, 0.717) is 0 Å². The number of fused-ring (bicyclic) bond motifs is 1. The number of methoxy groups -OCH3 is 1. The Kier molecular flexibility index (Phi) is 4.14. The van der Waals surface area contributed by atoms with Crippen molar-refractivity contribution in [2.24, 2.45) is 0 Å². The lowest BCUT2D eigenvalue weighted by atomic mass is 10.1. The van der Waals surface area contributed by atoms with Gasteiger partial charge in [-0.25, -0.2) is 0 Å². The van der Waals surface area contributed by atoms with E-state index in [1.54, 1.807) is 0 Å². The summed E-state index contributed by atoms with van der Waals surface area (Å²) in [5.74, 6) is -0.235. The number of aromatic nitrogens is 1. The molecular formula is C16H22N2O2. The third-order valence-electron chi connectivity index (χ3n) is 3.21. The summed E-state index contributed by atoms with van der Waals surface area (Å²) in [5, 5.41) is 4.63. The van der Waals surface area contributed by atoms with Gasteiger partial charge in [0.1, 0.15) is 6.54 Å². The predicted octanol–water partition coefficient (Wildman–Crippen LogP) is 2.70. The van der Waals surface area contributed by atoms with Crippen LogP contribution in [-0.2, 0) is 22.6 Å². The number of para-hydroxylation sites is 1. The fourth-order valence-electron chi connectivity index (χ4n) is 2.18. The van der Waals surface area contributed by atoms with Gasteiger partial charge < -0.3 is 14.6 Å². The van der Waals surface area contributed by atoms with Gasteiger partial charge in [0.15, 0.2) is 0 Å². The van der Waals surface area contributed by atoms with Crippen molar-refractivity contribution in [1.82, 2.24) is 9.88 Å². The maximum Gasteiger partial charge on any atom is 0.325 e. The van der Waals surface area contributed by atoms with Gasteiger partial charge in [0.05, 0.1) is 12.6 Å². The standard InChI is InChI=1S/C16H22N2O2/c1-16(2,3)17-10-13-7-5-6-12-8-9-18(15(12)13)11-14(19)20-4/h5-9,17H,10-11H2,1-4H3. The number of nitrogens with zero attached hydrogens (tertiary/aromatic N) is 1. The van der Waals surface area contributed by atoms with E-state index in [2.05, 4.69) is 38.2 Å². The fourth-order valence-corrected chi connectivity index (χ4v) is 2.18. The van der Waals surface area contributed by atoms with Crippen LogP contribution >= 0.6 is 0 Å². The van der Waals surface area contributed by atoms with Crippen LogP contribution in [0.2, 0.25) is 0 Å². The van der Waals surface area contributed by atoms with E-state index in [-0.39, 0.29) is 18.1 Å². The van der Waals surface area contributed by atoms with Crippen molar-refractivity contribution in [2.75, 3.05) is 7.11 Å². The van der Waals surface area contributed by atoms with Gasteiger partial charge in [0.2, 0.25) is 0 Å². The smallest absolute Gasteiger partial charge is 0.325 e. The normalized spacial score (nSPS) is 11.8. The number of benzene rings is 1. The van der Waals surface area contributed by atoms with Crippen LogP contribution in [0.25, 0.3) is 10.9 Å². The molecule has 1 heterocycles. The van der Waals surface area contributed by atoms with Crippen LogP contribution in [0.5, 0.6) is 0 Å². The van der Waals surface area contributed by atoms with Crippen LogP contribution in [0.3, 0.4) is 0 Å². The Labute approximate surface area is 119 Å². The van der Waals surface area contributed by atoms with E-state index in [1.807, 2.05) is 22.9 Å². The molecular weight excluding hydrogens is 252 g/mol. The fraction of sp³-hybridized carbons (Fsp3) is 0.438. The first kappa shape index (κ1) is 14.6. The Morgan fingerprint density at radius 1 is 1.30 bits per heavy atom. The zero-order valence-electron chi connectivity index (χ0n) is 12.6. The first-order valence-electron chi connectivity index (χ1n) is 6.79. The molecule has 4 nitrogen and oxygen atoms in total. The summed E-state index contributed by atoms with van der Waals surface area (Å²) in [6.45, 7) is 7.43. The molecule has 0 fully saturated rings. The monoisotopic (exact) mass is 274 g/mol. The average molecular weight is 274 g/mol. The highest BCUT2D eigenvalue weighted by atomic mass is 16.5. The van der Waals surface area contributed by atoms with E-state index in [9.17, 15) is 4.79 Å². The van der Waals surface area contributed by atoms with Gasteiger partial charge in [-0.15, -0.1) is 0 Å². The highest BCUT2D eigenvalue weighted by Crippen LogP contribution is 2.21. The van der Waals surface area contributed by atoms with Gasteiger partial charge in [-0.1, -0.05) is 18.2 Å². The zero-order valence-corrected chi connectivity index (χ0v) is 12.6. The maximum absolute atomic E-state index is 11.5. The largest absolute Gasteiger partial charge is 0.468 e. The SMILES string of the molecule is COC(=O)Cn1ccc2cccc(CNC(C)(C)C)c21.